The largest absolute Gasteiger partial charge is 0.497 e. The van der Waals surface area contributed by atoms with Crippen LogP contribution in [0.25, 0.3) is 0 Å². The van der Waals surface area contributed by atoms with E-state index in [9.17, 15) is 0 Å². The van der Waals surface area contributed by atoms with Crippen molar-refractivity contribution in [2.75, 3.05) is 12.4 Å². The number of ether oxygens (including phenoxy) is 1. The molecule has 0 fully saturated rings. The first kappa shape index (κ1) is 7.00. The molecule has 0 saturated heterocycles. The quantitative estimate of drug-likeness (QED) is 0.516. The molecule has 0 N–H and O–H groups in total. The molecule has 0 aromatic rings. The Balaban J connectivity index is 2.55. The van der Waals surface area contributed by atoms with Gasteiger partial charge in [-0.15, -0.1) is 11.8 Å². The zero-order valence-corrected chi connectivity index (χ0v) is 6.75. The highest BCUT2D eigenvalue weighted by Gasteiger charge is 2.03. The van der Waals surface area contributed by atoms with Crippen molar-refractivity contribution in [3.8, 4) is 0 Å². The summed E-state index contributed by atoms with van der Waals surface area (Å²) >= 11 is 1.90. The molecule has 1 nitrogen and oxygen atoms in total. The second-order valence-electron chi connectivity index (χ2n) is 2.16. The molecular weight excluding hydrogens is 132 g/mol. The monoisotopic (exact) mass is 144 g/mol. The normalized spacial score (nSPS) is 21.1. The lowest BCUT2D eigenvalue weighted by Crippen LogP contribution is -1.89. The summed E-state index contributed by atoms with van der Waals surface area (Å²) in [5.41, 5.74) is 0. The summed E-state index contributed by atoms with van der Waals surface area (Å²) in [6.45, 7) is 5.05. The number of thioether (sulfide) groups is 1. The molecule has 0 unspecified atom stereocenters. The van der Waals surface area contributed by atoms with E-state index >= 15 is 0 Å². The maximum atomic E-state index is 5.37. The van der Waals surface area contributed by atoms with Crippen LogP contribution in [0.5, 0.6) is 0 Å². The van der Waals surface area contributed by atoms with Crippen molar-refractivity contribution < 1.29 is 4.74 Å². The minimum absolute atomic E-state index is 0.899. The molecule has 9 heavy (non-hydrogen) atoms. The predicted molar refractivity (Wildman–Crippen MR) is 41.4 cm³/mol. The SMILES string of the molecule is CC1=C(C)SCCCO1. The molecule has 2 heteroatoms. The Kier molecular flexibility index (Phi) is 2.46. The standard InChI is InChI=1S/C7H12OS/c1-6-7(2)9-5-3-4-8-6/h3-5H2,1-2H3. The van der Waals surface area contributed by atoms with Gasteiger partial charge in [-0.3, -0.25) is 0 Å². The highest BCUT2D eigenvalue weighted by molar-refractivity contribution is 8.03. The van der Waals surface area contributed by atoms with Gasteiger partial charge in [0.2, 0.25) is 0 Å². The Morgan fingerprint density at radius 2 is 2.22 bits per heavy atom. The van der Waals surface area contributed by atoms with Gasteiger partial charge in [0.25, 0.3) is 0 Å². The summed E-state index contributed by atoms with van der Waals surface area (Å²) in [4.78, 5) is 1.34. The fraction of sp³-hybridized carbons (Fsp3) is 0.714. The van der Waals surface area contributed by atoms with Crippen LogP contribution in [0, 0.1) is 0 Å². The number of hydrogen-bond donors (Lipinski definition) is 0. The minimum atomic E-state index is 0.899. The zero-order chi connectivity index (χ0) is 6.69. The van der Waals surface area contributed by atoms with E-state index in [1.165, 1.54) is 17.1 Å². The third kappa shape index (κ3) is 1.94. The molecule has 0 aliphatic carbocycles. The van der Waals surface area contributed by atoms with Crippen LogP contribution in [-0.2, 0) is 4.74 Å². The lowest BCUT2D eigenvalue weighted by Gasteiger charge is -2.01. The molecule has 1 heterocycles. The molecule has 0 bridgehead atoms. The molecular formula is C7H12OS. The predicted octanol–water partition coefficient (Wildman–Crippen LogP) is 2.39. The van der Waals surface area contributed by atoms with Crippen molar-refractivity contribution in [3.05, 3.63) is 10.7 Å². The second kappa shape index (κ2) is 3.16. The first-order valence-corrected chi connectivity index (χ1v) is 4.22. The molecule has 0 radical (unpaired) electrons. The fourth-order valence-corrected chi connectivity index (χ4v) is 1.54. The number of allylic oxidation sites excluding steroid dienone is 2. The maximum Gasteiger partial charge on any atom is 0.102 e. The first-order chi connectivity index (χ1) is 4.30. The summed E-state index contributed by atoms with van der Waals surface area (Å²) < 4.78 is 5.37. The maximum absolute atomic E-state index is 5.37. The lowest BCUT2D eigenvalue weighted by atomic mass is 10.5. The molecule has 0 atom stereocenters. The third-order valence-corrected chi connectivity index (χ3v) is 2.63. The Bertz CT molecular complexity index is 115. The first-order valence-electron chi connectivity index (χ1n) is 3.24. The van der Waals surface area contributed by atoms with E-state index in [1.807, 2.05) is 18.7 Å². The van der Waals surface area contributed by atoms with Crippen LogP contribution in [0.4, 0.5) is 0 Å². The topological polar surface area (TPSA) is 9.23 Å². The van der Waals surface area contributed by atoms with Crippen LogP contribution < -0.4 is 0 Å². The van der Waals surface area contributed by atoms with E-state index in [0.29, 0.717) is 0 Å². The van der Waals surface area contributed by atoms with E-state index in [2.05, 4.69) is 6.92 Å². The van der Waals surface area contributed by atoms with Crippen molar-refractivity contribution in [2.24, 2.45) is 0 Å². The van der Waals surface area contributed by atoms with Gasteiger partial charge in [-0.2, -0.15) is 0 Å². The summed E-state index contributed by atoms with van der Waals surface area (Å²) in [5.74, 6) is 2.32. The van der Waals surface area contributed by atoms with Crippen LogP contribution in [0.1, 0.15) is 20.3 Å². The van der Waals surface area contributed by atoms with Crippen molar-refractivity contribution in [1.82, 2.24) is 0 Å². The van der Waals surface area contributed by atoms with Gasteiger partial charge in [0.05, 0.1) is 6.61 Å². The van der Waals surface area contributed by atoms with E-state index in [1.54, 1.807) is 0 Å². The molecule has 1 aliphatic heterocycles. The average molecular weight is 144 g/mol. The van der Waals surface area contributed by atoms with E-state index in [0.717, 1.165) is 12.4 Å². The third-order valence-electron chi connectivity index (χ3n) is 1.42. The molecule has 0 aromatic carbocycles. The van der Waals surface area contributed by atoms with Crippen LogP contribution in [0.15, 0.2) is 10.7 Å². The van der Waals surface area contributed by atoms with Gasteiger partial charge in [-0.1, -0.05) is 0 Å². The van der Waals surface area contributed by atoms with Crippen molar-refractivity contribution >= 4 is 11.8 Å². The van der Waals surface area contributed by atoms with E-state index < -0.39 is 0 Å². The van der Waals surface area contributed by atoms with Crippen molar-refractivity contribution in [3.63, 3.8) is 0 Å². The van der Waals surface area contributed by atoms with E-state index in [-0.39, 0.29) is 0 Å². The molecule has 0 aromatic heterocycles. The summed E-state index contributed by atoms with van der Waals surface area (Å²) in [7, 11) is 0. The number of rotatable bonds is 0. The van der Waals surface area contributed by atoms with Crippen LogP contribution in [0.3, 0.4) is 0 Å². The van der Waals surface area contributed by atoms with Crippen LogP contribution in [-0.4, -0.2) is 12.4 Å². The highest BCUT2D eigenvalue weighted by atomic mass is 32.2. The molecule has 0 spiro atoms. The zero-order valence-electron chi connectivity index (χ0n) is 5.94. The summed E-state index contributed by atoms with van der Waals surface area (Å²) in [6.07, 6.45) is 1.18. The van der Waals surface area contributed by atoms with Gasteiger partial charge in [-0.05, 0) is 20.3 Å². The summed E-state index contributed by atoms with van der Waals surface area (Å²) in [6, 6.07) is 0. The molecule has 0 amide bonds. The van der Waals surface area contributed by atoms with Gasteiger partial charge >= 0.3 is 0 Å². The van der Waals surface area contributed by atoms with Gasteiger partial charge in [0.15, 0.2) is 0 Å². The molecule has 52 valence electrons. The lowest BCUT2D eigenvalue weighted by molar-refractivity contribution is 0.216. The van der Waals surface area contributed by atoms with E-state index in [4.69, 9.17) is 4.74 Å². The Labute approximate surface area is 60.5 Å². The van der Waals surface area contributed by atoms with Gasteiger partial charge in [0, 0.05) is 10.7 Å². The smallest absolute Gasteiger partial charge is 0.102 e. The fourth-order valence-electron chi connectivity index (χ4n) is 0.713. The Morgan fingerprint density at radius 1 is 1.44 bits per heavy atom. The average Bonchev–Trinajstić information content (AvgIpc) is 1.99. The second-order valence-corrected chi connectivity index (χ2v) is 3.47. The van der Waals surface area contributed by atoms with Crippen molar-refractivity contribution in [1.29, 1.82) is 0 Å². The van der Waals surface area contributed by atoms with Crippen molar-refractivity contribution in [2.45, 2.75) is 20.3 Å². The Morgan fingerprint density at radius 3 is 3.00 bits per heavy atom. The van der Waals surface area contributed by atoms with Crippen LogP contribution in [0.2, 0.25) is 0 Å². The number of hydrogen-bond acceptors (Lipinski definition) is 2. The van der Waals surface area contributed by atoms with Gasteiger partial charge in [0.1, 0.15) is 5.76 Å². The van der Waals surface area contributed by atoms with Gasteiger partial charge < -0.3 is 4.74 Å². The highest BCUT2D eigenvalue weighted by Crippen LogP contribution is 2.23. The molecule has 1 rings (SSSR count). The van der Waals surface area contributed by atoms with Gasteiger partial charge in [-0.25, -0.2) is 0 Å². The minimum Gasteiger partial charge on any atom is -0.497 e. The van der Waals surface area contributed by atoms with Crippen LogP contribution >= 0.6 is 11.8 Å². The summed E-state index contributed by atoms with van der Waals surface area (Å²) in [5, 5.41) is 0. The Hall–Kier alpha value is -0.110. The molecule has 1 aliphatic rings. The molecule has 0 saturated carbocycles.